The molecule has 0 saturated carbocycles. The van der Waals surface area contributed by atoms with Crippen LogP contribution in [-0.2, 0) is 16.1 Å². The minimum absolute atomic E-state index is 0.00858. The second-order valence-electron chi connectivity index (χ2n) is 15.1. The van der Waals surface area contributed by atoms with Gasteiger partial charge in [-0.3, -0.25) is 19.8 Å². The van der Waals surface area contributed by atoms with Gasteiger partial charge in [0.1, 0.15) is 28.9 Å². The van der Waals surface area contributed by atoms with Crippen molar-refractivity contribution in [1.82, 2.24) is 39.6 Å². The van der Waals surface area contributed by atoms with E-state index in [2.05, 4.69) is 62.7 Å². The van der Waals surface area contributed by atoms with E-state index in [1.54, 1.807) is 6.07 Å². The third kappa shape index (κ3) is 7.98. The molecule has 3 aromatic heterocycles. The number of amides is 2. The Bertz CT molecular complexity index is 2200. The van der Waals surface area contributed by atoms with Crippen LogP contribution in [0.25, 0.3) is 22.3 Å². The lowest BCUT2D eigenvalue weighted by Gasteiger charge is -2.45. The van der Waals surface area contributed by atoms with E-state index in [-0.39, 0.29) is 41.1 Å². The predicted molar refractivity (Wildman–Crippen MR) is 207 cm³/mol. The Balaban J connectivity index is 0.792. The monoisotopic (exact) mass is 749 g/mol. The summed E-state index contributed by atoms with van der Waals surface area (Å²) in [5, 5.41) is 8.69. The molecule has 55 heavy (non-hydrogen) atoms. The summed E-state index contributed by atoms with van der Waals surface area (Å²) in [5.74, 6) is 0.335. The molecule has 3 saturated heterocycles. The predicted octanol–water partition coefficient (Wildman–Crippen LogP) is 5.27. The summed E-state index contributed by atoms with van der Waals surface area (Å²) in [6.45, 7) is 13.7. The van der Waals surface area contributed by atoms with E-state index in [0.29, 0.717) is 41.5 Å². The lowest BCUT2D eigenvalue weighted by Crippen LogP contribution is -2.54. The molecule has 1 unspecified atom stereocenters. The average molecular weight is 750 g/mol. The van der Waals surface area contributed by atoms with E-state index in [0.717, 1.165) is 69.8 Å². The quantitative estimate of drug-likeness (QED) is 0.153. The summed E-state index contributed by atoms with van der Waals surface area (Å²) in [4.78, 5) is 48.3. The maximum atomic E-state index is 15.1. The fraction of sp³-hybridized carbons (Fsp3) is 0.400. The number of nitrogens with one attached hydrogen (secondary N) is 3. The number of anilines is 4. The van der Waals surface area contributed by atoms with Crippen LogP contribution in [-0.4, -0.2) is 98.0 Å². The van der Waals surface area contributed by atoms with Gasteiger partial charge in [-0.25, -0.2) is 28.7 Å². The van der Waals surface area contributed by atoms with Crippen LogP contribution in [0.1, 0.15) is 44.1 Å². The highest BCUT2D eigenvalue weighted by Gasteiger charge is 2.30. The summed E-state index contributed by atoms with van der Waals surface area (Å²) < 4.78 is 32.0. The van der Waals surface area contributed by atoms with Crippen molar-refractivity contribution >= 4 is 46.0 Å². The number of carbonyl (C=O) groups excluding carboxylic acids is 2. The molecule has 13 nitrogen and oxygen atoms in total. The van der Waals surface area contributed by atoms with Gasteiger partial charge in [-0.2, -0.15) is 0 Å². The molecule has 6 heterocycles. The summed E-state index contributed by atoms with van der Waals surface area (Å²) in [7, 11) is 0. The minimum Gasteiger partial charge on any atom is -0.374 e. The van der Waals surface area contributed by atoms with Crippen LogP contribution in [0.4, 0.5) is 31.9 Å². The number of imide groups is 1. The molecule has 3 N–H and O–H groups in total. The number of aryl methyl sites for hydroxylation is 1. The third-order valence-corrected chi connectivity index (χ3v) is 10.7. The van der Waals surface area contributed by atoms with E-state index in [1.165, 1.54) is 11.8 Å². The first-order valence-corrected chi connectivity index (χ1v) is 18.9. The SMILES string of the molecule is Cc1nc2c(F)cc(-c3nc(Nc4ccc(CN5CCN(CC6CN(c7ccc(NC8CCC(=O)NC8=O)cc7)C6)CC5)cn4)ncc3F)cc2n1C(C)C. The zero-order valence-corrected chi connectivity index (χ0v) is 31.2. The second kappa shape index (κ2) is 15.3. The molecule has 3 aliphatic heterocycles. The van der Waals surface area contributed by atoms with Crippen molar-refractivity contribution in [3.8, 4) is 11.3 Å². The normalized spacial score (nSPS) is 18.5. The van der Waals surface area contributed by atoms with Crippen LogP contribution in [0.5, 0.6) is 0 Å². The number of imidazole rings is 1. The van der Waals surface area contributed by atoms with Crippen molar-refractivity contribution in [3.05, 3.63) is 83.9 Å². The largest absolute Gasteiger partial charge is 0.374 e. The Morgan fingerprint density at radius 3 is 2.38 bits per heavy atom. The number of benzene rings is 2. The molecule has 0 aliphatic carbocycles. The molecule has 3 aliphatic rings. The zero-order chi connectivity index (χ0) is 38.2. The van der Waals surface area contributed by atoms with Crippen LogP contribution in [0, 0.1) is 24.5 Å². The van der Waals surface area contributed by atoms with Gasteiger partial charge in [0, 0.05) is 93.9 Å². The summed E-state index contributed by atoms with van der Waals surface area (Å²) in [5.41, 5.74) is 4.27. The lowest BCUT2D eigenvalue weighted by molar-refractivity contribution is -0.133. The molecule has 286 valence electrons. The summed E-state index contributed by atoms with van der Waals surface area (Å²) in [6.07, 6.45) is 3.77. The number of carbonyl (C=O) groups is 2. The number of aromatic nitrogens is 5. The highest BCUT2D eigenvalue weighted by molar-refractivity contribution is 6.01. The molecule has 1 atom stereocenters. The standard InChI is InChI=1S/C40H45F2N11O2/c1-24(2)53-25(3)45-38-31(41)16-28(17-34(38)53)37-32(42)19-44-40(49-37)47-35-10-4-26(18-43-35)20-50-12-14-51(15-13-50)21-27-22-52(23-27)30-7-5-29(6-8-30)46-33-9-11-36(54)48-39(33)55/h4-8,10,16-19,24,27,33,46H,9,11-15,20-23H2,1-3H3,(H,48,54,55)(H,43,44,47,49). The van der Waals surface area contributed by atoms with Gasteiger partial charge in [0.05, 0.1) is 11.7 Å². The molecule has 2 amide bonds. The Hall–Kier alpha value is -5.54. The number of fused-ring (bicyclic) bond motifs is 1. The van der Waals surface area contributed by atoms with Crippen LogP contribution in [0.2, 0.25) is 0 Å². The van der Waals surface area contributed by atoms with Crippen molar-refractivity contribution in [2.24, 2.45) is 5.92 Å². The van der Waals surface area contributed by atoms with E-state index in [1.807, 2.05) is 55.8 Å². The minimum atomic E-state index is -0.653. The van der Waals surface area contributed by atoms with Gasteiger partial charge in [-0.1, -0.05) is 6.07 Å². The molecular weight excluding hydrogens is 705 g/mol. The maximum Gasteiger partial charge on any atom is 0.249 e. The molecule has 8 rings (SSSR count). The van der Waals surface area contributed by atoms with E-state index < -0.39 is 11.6 Å². The number of hydrogen-bond donors (Lipinski definition) is 3. The first-order chi connectivity index (χ1) is 26.6. The number of hydrogen-bond acceptors (Lipinski definition) is 11. The van der Waals surface area contributed by atoms with Gasteiger partial charge in [0.25, 0.3) is 0 Å². The number of halogens is 2. The van der Waals surface area contributed by atoms with Gasteiger partial charge in [0.15, 0.2) is 11.6 Å². The fourth-order valence-corrected chi connectivity index (χ4v) is 7.84. The summed E-state index contributed by atoms with van der Waals surface area (Å²) >= 11 is 0. The molecule has 2 aromatic carbocycles. The van der Waals surface area contributed by atoms with Gasteiger partial charge in [-0.05, 0) is 75.2 Å². The van der Waals surface area contributed by atoms with Crippen molar-refractivity contribution in [2.75, 3.05) is 61.3 Å². The summed E-state index contributed by atoms with van der Waals surface area (Å²) in [6, 6.07) is 14.7. The number of piperidine rings is 1. The highest BCUT2D eigenvalue weighted by Crippen LogP contribution is 2.31. The van der Waals surface area contributed by atoms with E-state index in [4.69, 9.17) is 0 Å². The van der Waals surface area contributed by atoms with Crippen LogP contribution < -0.4 is 20.9 Å². The smallest absolute Gasteiger partial charge is 0.249 e. The molecule has 0 spiro atoms. The Morgan fingerprint density at radius 1 is 0.909 bits per heavy atom. The maximum absolute atomic E-state index is 15.1. The fourth-order valence-electron chi connectivity index (χ4n) is 7.84. The molecule has 0 radical (unpaired) electrons. The van der Waals surface area contributed by atoms with E-state index in [9.17, 15) is 14.0 Å². The van der Waals surface area contributed by atoms with Crippen LogP contribution in [0.15, 0.2) is 60.9 Å². The van der Waals surface area contributed by atoms with Crippen LogP contribution >= 0.6 is 0 Å². The van der Waals surface area contributed by atoms with Gasteiger partial charge in [0.2, 0.25) is 17.8 Å². The second-order valence-corrected chi connectivity index (χ2v) is 15.1. The Kier molecular flexibility index (Phi) is 10.1. The van der Waals surface area contributed by atoms with Gasteiger partial charge in [-0.15, -0.1) is 0 Å². The molecule has 5 aromatic rings. The topological polar surface area (TPSA) is 136 Å². The number of piperazine rings is 1. The van der Waals surface area contributed by atoms with Crippen molar-refractivity contribution in [2.45, 2.75) is 52.2 Å². The molecule has 3 fully saturated rings. The van der Waals surface area contributed by atoms with Gasteiger partial charge >= 0.3 is 0 Å². The molecular formula is C40H45F2N11O2. The van der Waals surface area contributed by atoms with Gasteiger partial charge < -0.3 is 25.0 Å². The average Bonchev–Trinajstić information content (AvgIpc) is 3.50. The first kappa shape index (κ1) is 36.4. The first-order valence-electron chi connectivity index (χ1n) is 18.9. The number of pyridine rings is 1. The molecule has 0 bridgehead atoms. The number of rotatable bonds is 11. The number of nitrogens with zero attached hydrogens (tertiary/aromatic N) is 8. The molecule has 15 heteroatoms. The Labute approximate surface area is 318 Å². The lowest BCUT2D eigenvalue weighted by atomic mass is 9.98. The van der Waals surface area contributed by atoms with Crippen molar-refractivity contribution in [1.29, 1.82) is 0 Å². The van der Waals surface area contributed by atoms with Crippen LogP contribution in [0.3, 0.4) is 0 Å². The third-order valence-electron chi connectivity index (χ3n) is 10.7. The zero-order valence-electron chi connectivity index (χ0n) is 31.2. The highest BCUT2D eigenvalue weighted by atomic mass is 19.1. The van der Waals surface area contributed by atoms with Crippen molar-refractivity contribution < 1.29 is 18.4 Å². The Morgan fingerprint density at radius 2 is 1.67 bits per heavy atom. The van der Waals surface area contributed by atoms with Crippen molar-refractivity contribution in [3.63, 3.8) is 0 Å². The van der Waals surface area contributed by atoms with E-state index >= 15 is 4.39 Å².